The normalized spacial score (nSPS) is 14.9. The Bertz CT molecular complexity index is 933. The van der Waals surface area contributed by atoms with Gasteiger partial charge in [0.25, 0.3) is 0 Å². The van der Waals surface area contributed by atoms with E-state index in [1.807, 2.05) is 12.1 Å². The standard InChI is InChI=1S/C24H27Cl2FN2O2S/c1-16(24(31)28-19-8-2-3-9-19)29(13-17-6-4-7-18(25)12-17)23(30)15-32-14-20-21(26)10-5-11-22(20)27/h4-7,10-12,16,19H,2-3,8-9,13-15H2,1H3,(H,28,31)/t16-/m1/s1. The van der Waals surface area contributed by atoms with Crippen molar-refractivity contribution in [3.63, 3.8) is 0 Å². The number of hydrogen-bond donors (Lipinski definition) is 1. The fourth-order valence-electron chi connectivity index (χ4n) is 3.80. The molecule has 0 unspecified atom stereocenters. The van der Waals surface area contributed by atoms with Crippen LogP contribution in [-0.2, 0) is 21.9 Å². The number of nitrogens with zero attached hydrogens (tertiary/aromatic N) is 1. The van der Waals surface area contributed by atoms with Gasteiger partial charge in [-0.05, 0) is 49.6 Å². The minimum absolute atomic E-state index is 0.103. The maximum Gasteiger partial charge on any atom is 0.242 e. The van der Waals surface area contributed by atoms with Gasteiger partial charge in [0.15, 0.2) is 0 Å². The zero-order valence-electron chi connectivity index (χ0n) is 18.0. The molecule has 1 aliphatic rings. The van der Waals surface area contributed by atoms with E-state index < -0.39 is 11.9 Å². The Kier molecular flexibility index (Phi) is 9.26. The Labute approximate surface area is 202 Å². The first-order valence-corrected chi connectivity index (χ1v) is 12.6. The van der Waals surface area contributed by atoms with Crippen LogP contribution in [0.1, 0.15) is 43.7 Å². The molecule has 0 aliphatic heterocycles. The number of thioether (sulfide) groups is 1. The van der Waals surface area contributed by atoms with Gasteiger partial charge in [-0.1, -0.05) is 54.2 Å². The summed E-state index contributed by atoms with van der Waals surface area (Å²) >= 11 is 13.5. The quantitative estimate of drug-likeness (QED) is 0.474. The van der Waals surface area contributed by atoms with E-state index in [-0.39, 0.29) is 35.9 Å². The lowest BCUT2D eigenvalue weighted by Gasteiger charge is -2.29. The van der Waals surface area contributed by atoms with E-state index in [2.05, 4.69) is 5.32 Å². The first-order valence-electron chi connectivity index (χ1n) is 10.7. The minimum atomic E-state index is -0.639. The number of carbonyl (C=O) groups is 2. The molecule has 0 saturated heterocycles. The smallest absolute Gasteiger partial charge is 0.242 e. The predicted octanol–water partition coefficient (Wildman–Crippen LogP) is 5.84. The minimum Gasteiger partial charge on any atom is -0.352 e. The van der Waals surface area contributed by atoms with E-state index in [9.17, 15) is 14.0 Å². The molecule has 4 nitrogen and oxygen atoms in total. The number of hydrogen-bond acceptors (Lipinski definition) is 3. The Hall–Kier alpha value is -1.76. The van der Waals surface area contributed by atoms with Crippen molar-refractivity contribution in [2.45, 2.75) is 57.0 Å². The van der Waals surface area contributed by atoms with Crippen molar-refractivity contribution in [3.05, 3.63) is 69.5 Å². The molecule has 1 aliphatic carbocycles. The molecule has 0 heterocycles. The highest BCUT2D eigenvalue weighted by Crippen LogP contribution is 2.25. The van der Waals surface area contributed by atoms with E-state index in [0.717, 1.165) is 31.2 Å². The average Bonchev–Trinajstić information content (AvgIpc) is 3.26. The molecular weight excluding hydrogens is 470 g/mol. The molecule has 172 valence electrons. The SMILES string of the molecule is C[C@H](C(=O)NC1CCCC1)N(Cc1cccc(Cl)c1)C(=O)CSCc1c(F)cccc1Cl. The van der Waals surface area contributed by atoms with Gasteiger partial charge in [-0.3, -0.25) is 9.59 Å². The summed E-state index contributed by atoms with van der Waals surface area (Å²) in [4.78, 5) is 27.6. The molecule has 1 fully saturated rings. The van der Waals surface area contributed by atoms with Crippen LogP contribution in [-0.4, -0.2) is 34.6 Å². The lowest BCUT2D eigenvalue weighted by molar-refractivity contribution is -0.138. The number of rotatable bonds is 9. The molecule has 3 rings (SSSR count). The maximum absolute atomic E-state index is 14.0. The zero-order chi connectivity index (χ0) is 23.1. The summed E-state index contributed by atoms with van der Waals surface area (Å²) in [5.74, 6) is -0.375. The summed E-state index contributed by atoms with van der Waals surface area (Å²) in [6.45, 7) is 2.00. The molecule has 32 heavy (non-hydrogen) atoms. The molecule has 0 spiro atoms. The zero-order valence-corrected chi connectivity index (χ0v) is 20.3. The van der Waals surface area contributed by atoms with Crippen LogP contribution < -0.4 is 5.32 Å². The summed E-state index contributed by atoms with van der Waals surface area (Å²) in [5.41, 5.74) is 1.22. The van der Waals surface area contributed by atoms with Gasteiger partial charge in [0.05, 0.1) is 5.75 Å². The van der Waals surface area contributed by atoms with Gasteiger partial charge in [-0.2, -0.15) is 0 Å². The largest absolute Gasteiger partial charge is 0.352 e. The molecule has 2 amide bonds. The van der Waals surface area contributed by atoms with Crippen molar-refractivity contribution < 1.29 is 14.0 Å². The van der Waals surface area contributed by atoms with Gasteiger partial charge in [0.2, 0.25) is 11.8 Å². The van der Waals surface area contributed by atoms with Crippen molar-refractivity contribution >= 4 is 46.8 Å². The van der Waals surface area contributed by atoms with Crippen molar-refractivity contribution in [1.29, 1.82) is 0 Å². The van der Waals surface area contributed by atoms with Crippen molar-refractivity contribution in [3.8, 4) is 0 Å². The van der Waals surface area contributed by atoms with Crippen LogP contribution in [0.3, 0.4) is 0 Å². The number of halogens is 3. The summed E-state index contributed by atoms with van der Waals surface area (Å²) in [6, 6.07) is 11.3. The van der Waals surface area contributed by atoms with Crippen LogP contribution in [0.2, 0.25) is 10.0 Å². The molecule has 1 N–H and O–H groups in total. The maximum atomic E-state index is 14.0. The van der Waals surface area contributed by atoms with Gasteiger partial charge in [-0.15, -0.1) is 11.8 Å². The molecule has 1 saturated carbocycles. The molecule has 1 atom stereocenters. The predicted molar refractivity (Wildman–Crippen MR) is 129 cm³/mol. The molecule has 0 bridgehead atoms. The third-order valence-electron chi connectivity index (χ3n) is 5.64. The van der Waals surface area contributed by atoms with Crippen LogP contribution in [0, 0.1) is 5.82 Å². The average molecular weight is 497 g/mol. The summed E-state index contributed by atoms with van der Waals surface area (Å²) in [7, 11) is 0. The van der Waals surface area contributed by atoms with Gasteiger partial charge in [-0.25, -0.2) is 4.39 Å². The van der Waals surface area contributed by atoms with Gasteiger partial charge >= 0.3 is 0 Å². The summed E-state index contributed by atoms with van der Waals surface area (Å²) < 4.78 is 14.0. The lowest BCUT2D eigenvalue weighted by Crippen LogP contribution is -2.50. The van der Waals surface area contributed by atoms with E-state index >= 15 is 0 Å². The first-order chi connectivity index (χ1) is 15.3. The Morgan fingerprint density at radius 1 is 1.19 bits per heavy atom. The third-order valence-corrected chi connectivity index (χ3v) is 7.18. The second-order valence-electron chi connectivity index (χ2n) is 8.01. The van der Waals surface area contributed by atoms with E-state index in [1.54, 1.807) is 36.1 Å². The fraction of sp³-hybridized carbons (Fsp3) is 0.417. The molecule has 2 aromatic carbocycles. The van der Waals surface area contributed by atoms with Crippen LogP contribution in [0.15, 0.2) is 42.5 Å². The Morgan fingerprint density at radius 3 is 2.59 bits per heavy atom. The number of carbonyl (C=O) groups excluding carboxylic acids is 2. The Balaban J connectivity index is 1.68. The van der Waals surface area contributed by atoms with Crippen molar-refractivity contribution in [2.24, 2.45) is 0 Å². The molecule has 0 aromatic heterocycles. The monoisotopic (exact) mass is 496 g/mol. The van der Waals surface area contributed by atoms with Gasteiger partial charge in [0, 0.05) is 33.9 Å². The third kappa shape index (κ3) is 6.87. The number of benzene rings is 2. The second-order valence-corrected chi connectivity index (χ2v) is 9.84. The van der Waals surface area contributed by atoms with Crippen LogP contribution in [0.25, 0.3) is 0 Å². The molecule has 0 radical (unpaired) electrons. The van der Waals surface area contributed by atoms with Crippen LogP contribution >= 0.6 is 35.0 Å². The molecule has 2 aromatic rings. The highest BCUT2D eigenvalue weighted by Gasteiger charge is 2.28. The van der Waals surface area contributed by atoms with Crippen LogP contribution in [0.5, 0.6) is 0 Å². The lowest BCUT2D eigenvalue weighted by atomic mass is 10.1. The van der Waals surface area contributed by atoms with E-state index in [4.69, 9.17) is 23.2 Å². The van der Waals surface area contributed by atoms with Gasteiger partial charge in [0.1, 0.15) is 11.9 Å². The van der Waals surface area contributed by atoms with Crippen molar-refractivity contribution in [2.75, 3.05) is 5.75 Å². The fourth-order valence-corrected chi connectivity index (χ4v) is 5.26. The highest BCUT2D eigenvalue weighted by atomic mass is 35.5. The van der Waals surface area contributed by atoms with E-state index in [1.165, 1.54) is 17.8 Å². The van der Waals surface area contributed by atoms with Gasteiger partial charge < -0.3 is 10.2 Å². The second kappa shape index (κ2) is 11.9. The first kappa shape index (κ1) is 24.9. The van der Waals surface area contributed by atoms with E-state index in [0.29, 0.717) is 15.6 Å². The number of amides is 2. The number of nitrogens with one attached hydrogen (secondary N) is 1. The topological polar surface area (TPSA) is 49.4 Å². The van der Waals surface area contributed by atoms with Crippen molar-refractivity contribution in [1.82, 2.24) is 10.2 Å². The summed E-state index contributed by atoms with van der Waals surface area (Å²) in [5, 5.41) is 3.98. The highest BCUT2D eigenvalue weighted by molar-refractivity contribution is 7.99. The molecule has 8 heteroatoms. The Morgan fingerprint density at radius 2 is 1.91 bits per heavy atom. The molecular formula is C24H27Cl2FN2O2S. The summed E-state index contributed by atoms with van der Waals surface area (Å²) in [6.07, 6.45) is 4.17. The van der Waals surface area contributed by atoms with Crippen LogP contribution in [0.4, 0.5) is 4.39 Å².